The number of amides is 1. The number of anilines is 1. The van der Waals surface area contributed by atoms with Gasteiger partial charge < -0.3 is 10.2 Å². The zero-order valence-corrected chi connectivity index (χ0v) is 16.2. The first-order chi connectivity index (χ1) is 14.2. The van der Waals surface area contributed by atoms with E-state index in [0.717, 1.165) is 4.90 Å². The van der Waals surface area contributed by atoms with E-state index in [1.54, 1.807) is 32.0 Å². The van der Waals surface area contributed by atoms with E-state index in [9.17, 15) is 22.4 Å². The minimum Gasteiger partial charge on any atom is -0.361 e. The molecule has 30 heavy (non-hydrogen) atoms. The van der Waals surface area contributed by atoms with E-state index in [0.29, 0.717) is 28.3 Å². The summed E-state index contributed by atoms with van der Waals surface area (Å²) in [7, 11) is 0. The Bertz CT molecular complexity index is 1110. The second kappa shape index (κ2) is 7.16. The van der Waals surface area contributed by atoms with Crippen LogP contribution in [-0.4, -0.2) is 33.3 Å². The molecule has 0 bridgehead atoms. The number of nitrogens with zero attached hydrogens (tertiary/aromatic N) is 3. The predicted octanol–water partition coefficient (Wildman–Crippen LogP) is 4.76. The van der Waals surface area contributed by atoms with Crippen LogP contribution in [0.4, 0.5) is 23.2 Å². The number of carbonyl (C=O) groups excluding carboxylic acids is 1. The van der Waals surface area contributed by atoms with Crippen molar-refractivity contribution in [1.82, 2.24) is 14.7 Å². The Morgan fingerprint density at radius 2 is 1.73 bits per heavy atom. The normalized spacial score (nSPS) is 16.4. The minimum absolute atomic E-state index is 0.180. The van der Waals surface area contributed by atoms with E-state index in [1.807, 2.05) is 0 Å². The summed E-state index contributed by atoms with van der Waals surface area (Å²) in [5.41, 5.74) is 2.68. The quantitative estimate of drug-likeness (QED) is 0.624. The zero-order chi connectivity index (χ0) is 21.6. The fraction of sp³-hybridized carbons (Fsp3) is 0.238. The number of fused-ring (bicyclic) bond motifs is 1. The lowest BCUT2D eigenvalue weighted by atomic mass is 10.0. The van der Waals surface area contributed by atoms with E-state index in [-0.39, 0.29) is 5.56 Å². The van der Waals surface area contributed by atoms with Crippen molar-refractivity contribution in [3.8, 4) is 5.69 Å². The van der Waals surface area contributed by atoms with Crippen LogP contribution in [0.5, 0.6) is 0 Å². The Balaban J connectivity index is 1.83. The Kier molecular flexibility index (Phi) is 4.76. The fourth-order valence-corrected chi connectivity index (χ4v) is 3.76. The van der Waals surface area contributed by atoms with Gasteiger partial charge in [0.25, 0.3) is 5.91 Å². The van der Waals surface area contributed by atoms with Gasteiger partial charge in [0.2, 0.25) is 0 Å². The highest BCUT2D eigenvalue weighted by Gasteiger charge is 2.42. The van der Waals surface area contributed by atoms with Crippen molar-refractivity contribution >= 4 is 11.6 Å². The number of aryl methyl sites for hydroxylation is 1. The number of nitrogens with one attached hydrogen (secondary N) is 1. The second-order valence-electron chi connectivity index (χ2n) is 7.11. The first-order valence-electron chi connectivity index (χ1n) is 9.21. The van der Waals surface area contributed by atoms with Crippen LogP contribution in [0.2, 0.25) is 0 Å². The van der Waals surface area contributed by atoms with Crippen LogP contribution in [-0.2, 0) is 0 Å². The lowest BCUT2D eigenvalue weighted by Crippen LogP contribution is -2.47. The topological polar surface area (TPSA) is 50.2 Å². The van der Waals surface area contributed by atoms with Gasteiger partial charge in [-0.15, -0.1) is 0 Å². The molecule has 9 heteroatoms. The predicted molar refractivity (Wildman–Crippen MR) is 103 cm³/mol. The Morgan fingerprint density at radius 3 is 2.40 bits per heavy atom. The van der Waals surface area contributed by atoms with Crippen LogP contribution >= 0.6 is 0 Å². The van der Waals surface area contributed by atoms with Crippen LogP contribution in [0.3, 0.4) is 0 Å². The summed E-state index contributed by atoms with van der Waals surface area (Å²) < 4.78 is 54.7. The molecule has 3 aromatic rings. The van der Waals surface area contributed by atoms with Gasteiger partial charge in [-0.2, -0.15) is 18.3 Å². The molecule has 0 fully saturated rings. The molecule has 0 saturated heterocycles. The summed E-state index contributed by atoms with van der Waals surface area (Å²) in [5.74, 6) is -1.12. The number of hydrogen-bond donors (Lipinski definition) is 1. The minimum atomic E-state index is -4.57. The molecule has 1 aliphatic rings. The van der Waals surface area contributed by atoms with Crippen molar-refractivity contribution in [3.05, 3.63) is 76.9 Å². The summed E-state index contributed by atoms with van der Waals surface area (Å²) in [5, 5.41) is 7.50. The number of hydrogen-bond acceptors (Lipinski definition) is 3. The number of para-hydroxylation sites is 1. The molecule has 2 heterocycles. The van der Waals surface area contributed by atoms with Crippen LogP contribution in [0.25, 0.3) is 5.69 Å². The van der Waals surface area contributed by atoms with Crippen LogP contribution in [0.1, 0.15) is 33.5 Å². The van der Waals surface area contributed by atoms with E-state index in [1.165, 1.54) is 35.0 Å². The third-order valence-corrected chi connectivity index (χ3v) is 5.06. The largest absolute Gasteiger partial charge is 0.406 e. The highest BCUT2D eigenvalue weighted by Crippen LogP contribution is 2.37. The van der Waals surface area contributed by atoms with Crippen molar-refractivity contribution in [1.29, 1.82) is 0 Å². The lowest BCUT2D eigenvalue weighted by Gasteiger charge is -2.38. The molecule has 0 aliphatic carbocycles. The number of halogens is 4. The van der Waals surface area contributed by atoms with Crippen molar-refractivity contribution in [2.24, 2.45) is 0 Å². The van der Waals surface area contributed by atoms with E-state index >= 15 is 0 Å². The van der Waals surface area contributed by atoms with Gasteiger partial charge in [-0.1, -0.05) is 12.1 Å². The third kappa shape index (κ3) is 3.51. The maximum Gasteiger partial charge on any atom is 0.406 e. The van der Waals surface area contributed by atoms with E-state index < -0.39 is 30.6 Å². The lowest BCUT2D eigenvalue weighted by molar-refractivity contribution is -0.144. The molecule has 5 nitrogen and oxygen atoms in total. The second-order valence-corrected chi connectivity index (χ2v) is 7.11. The Labute approximate surface area is 169 Å². The molecule has 1 atom stereocenters. The van der Waals surface area contributed by atoms with Crippen molar-refractivity contribution < 1.29 is 22.4 Å². The smallest absolute Gasteiger partial charge is 0.361 e. The first-order valence-corrected chi connectivity index (χ1v) is 9.21. The zero-order valence-electron chi connectivity index (χ0n) is 16.2. The molecule has 0 saturated carbocycles. The van der Waals surface area contributed by atoms with Gasteiger partial charge in [-0.05, 0) is 50.2 Å². The Hall–Kier alpha value is -3.36. The highest BCUT2D eigenvalue weighted by molar-refractivity contribution is 6.01. The summed E-state index contributed by atoms with van der Waals surface area (Å²) in [6, 6.07) is 12.1. The molecular formula is C21H18F4N4O. The number of alkyl halides is 3. The maximum absolute atomic E-state index is 13.3. The van der Waals surface area contributed by atoms with Gasteiger partial charge in [0, 0.05) is 16.9 Å². The highest BCUT2D eigenvalue weighted by atomic mass is 19.4. The fourth-order valence-electron chi connectivity index (χ4n) is 3.76. The molecule has 1 aliphatic heterocycles. The van der Waals surface area contributed by atoms with Crippen molar-refractivity contribution in [3.63, 3.8) is 0 Å². The van der Waals surface area contributed by atoms with Crippen LogP contribution in [0, 0.1) is 19.7 Å². The van der Waals surface area contributed by atoms with Gasteiger partial charge in [-0.25, -0.2) is 9.07 Å². The van der Waals surface area contributed by atoms with Gasteiger partial charge in [-0.3, -0.25) is 4.79 Å². The molecule has 0 spiro atoms. The standard InChI is InChI=1S/C21H18F4N4O/c1-12-18(13(2)29(27-12)15-9-7-14(22)8-10-15)19-26-17-6-4-3-5-16(17)20(30)28(19)11-21(23,24)25/h3-10,19,26H,11H2,1-2H3. The number of aromatic nitrogens is 2. The van der Waals surface area contributed by atoms with Crippen LogP contribution in [0.15, 0.2) is 48.5 Å². The molecule has 1 aromatic heterocycles. The molecule has 0 radical (unpaired) electrons. The van der Waals surface area contributed by atoms with E-state index in [4.69, 9.17) is 0 Å². The first kappa shape index (κ1) is 19.9. The average molecular weight is 418 g/mol. The number of benzene rings is 2. The number of rotatable bonds is 3. The SMILES string of the molecule is Cc1nn(-c2ccc(F)cc2)c(C)c1C1Nc2ccccc2C(=O)N1CC(F)(F)F. The van der Waals surface area contributed by atoms with Gasteiger partial charge in [0.05, 0.1) is 16.9 Å². The molecule has 1 N–H and O–H groups in total. The van der Waals surface area contributed by atoms with Gasteiger partial charge in [0.15, 0.2) is 0 Å². The van der Waals surface area contributed by atoms with Gasteiger partial charge >= 0.3 is 6.18 Å². The summed E-state index contributed by atoms with van der Waals surface area (Å²) in [6.45, 7) is 1.97. The maximum atomic E-state index is 13.3. The Morgan fingerprint density at radius 1 is 1.07 bits per heavy atom. The summed E-state index contributed by atoms with van der Waals surface area (Å²) >= 11 is 0. The average Bonchev–Trinajstić information content (AvgIpc) is 2.98. The molecule has 1 unspecified atom stereocenters. The van der Waals surface area contributed by atoms with E-state index in [2.05, 4.69) is 10.4 Å². The molecule has 1 amide bonds. The summed E-state index contributed by atoms with van der Waals surface area (Å²) in [4.78, 5) is 13.7. The molecule has 4 rings (SSSR count). The van der Waals surface area contributed by atoms with Crippen molar-refractivity contribution in [2.75, 3.05) is 11.9 Å². The van der Waals surface area contributed by atoms with Crippen LogP contribution < -0.4 is 5.32 Å². The molecule has 156 valence electrons. The third-order valence-electron chi connectivity index (χ3n) is 5.06. The molecule has 2 aromatic carbocycles. The summed E-state index contributed by atoms with van der Waals surface area (Å²) in [6.07, 6.45) is -5.63. The van der Waals surface area contributed by atoms with Crippen molar-refractivity contribution in [2.45, 2.75) is 26.2 Å². The van der Waals surface area contributed by atoms with Gasteiger partial charge in [0.1, 0.15) is 18.5 Å². The number of carbonyl (C=O) groups is 1. The monoisotopic (exact) mass is 418 g/mol. The molecular weight excluding hydrogens is 400 g/mol.